The van der Waals surface area contributed by atoms with Gasteiger partial charge >= 0.3 is 0 Å². The van der Waals surface area contributed by atoms with Crippen LogP contribution in [0.5, 0.6) is 0 Å². The van der Waals surface area contributed by atoms with E-state index in [9.17, 15) is 4.79 Å². The summed E-state index contributed by atoms with van der Waals surface area (Å²) in [5, 5.41) is 2.01. The molecule has 1 atom stereocenters. The summed E-state index contributed by atoms with van der Waals surface area (Å²) in [4.78, 5) is 18.9. The van der Waals surface area contributed by atoms with Gasteiger partial charge in [-0.05, 0) is 18.4 Å². The van der Waals surface area contributed by atoms with Crippen molar-refractivity contribution in [2.24, 2.45) is 0 Å². The maximum atomic E-state index is 11.9. The maximum Gasteiger partial charge on any atom is 0.244 e. The summed E-state index contributed by atoms with van der Waals surface area (Å²) in [6.07, 6.45) is 3.58. The van der Waals surface area contributed by atoms with E-state index in [1.54, 1.807) is 36.5 Å². The van der Waals surface area contributed by atoms with Crippen LogP contribution in [-0.4, -0.2) is 34.5 Å². The van der Waals surface area contributed by atoms with Crippen LogP contribution in [0.2, 0.25) is 0 Å². The summed E-state index contributed by atoms with van der Waals surface area (Å²) in [6, 6.07) is 3.76. The lowest BCUT2D eigenvalue weighted by atomic mass is 10.3. The van der Waals surface area contributed by atoms with E-state index in [-0.39, 0.29) is 11.9 Å². The van der Waals surface area contributed by atoms with Crippen LogP contribution in [0, 0.1) is 0 Å². The third-order valence-corrected chi connectivity index (χ3v) is 3.49. The van der Waals surface area contributed by atoms with Gasteiger partial charge in [0, 0.05) is 26.5 Å². The third-order valence-electron chi connectivity index (χ3n) is 2.63. The Balaban J connectivity index is 2.34. The lowest BCUT2D eigenvalue weighted by Crippen LogP contribution is -2.29. The lowest BCUT2D eigenvalue weighted by molar-refractivity contribution is -0.131. The van der Waals surface area contributed by atoms with Gasteiger partial charge in [0.1, 0.15) is 6.04 Å². The van der Waals surface area contributed by atoms with E-state index >= 15 is 0 Å². The van der Waals surface area contributed by atoms with Crippen molar-refractivity contribution in [3.63, 3.8) is 0 Å². The largest absolute Gasteiger partial charge is 0.347 e. The summed E-state index contributed by atoms with van der Waals surface area (Å²) < 4.78 is 1.91. The molecule has 1 amide bonds. The molecule has 0 spiro atoms. The molecule has 0 aliphatic heterocycles. The van der Waals surface area contributed by atoms with Crippen molar-refractivity contribution in [2.75, 3.05) is 14.1 Å². The zero-order valence-electron chi connectivity index (χ0n) is 10.1. The van der Waals surface area contributed by atoms with Crippen molar-refractivity contribution in [3.05, 3.63) is 29.9 Å². The fourth-order valence-corrected chi connectivity index (χ4v) is 2.44. The van der Waals surface area contributed by atoms with Gasteiger partial charge in [-0.1, -0.05) is 6.07 Å². The second kappa shape index (κ2) is 4.71. The molecule has 5 heteroatoms. The summed E-state index contributed by atoms with van der Waals surface area (Å²) in [7, 11) is 3.53. The monoisotopic (exact) mass is 249 g/mol. The number of hydrogen-bond acceptors (Lipinski definition) is 3. The highest BCUT2D eigenvalue weighted by molar-refractivity contribution is 7.13. The number of likely N-dealkylation sites (N-methyl/N-ethyl adjacent to an activating group) is 1. The summed E-state index contributed by atoms with van der Waals surface area (Å²) in [6.45, 7) is 1.89. The molecule has 2 heterocycles. The van der Waals surface area contributed by atoms with E-state index in [2.05, 4.69) is 4.98 Å². The zero-order valence-corrected chi connectivity index (χ0v) is 10.9. The Kier molecular flexibility index (Phi) is 3.28. The van der Waals surface area contributed by atoms with Gasteiger partial charge in [-0.3, -0.25) is 4.79 Å². The molecule has 2 aromatic heterocycles. The topological polar surface area (TPSA) is 38.1 Å². The van der Waals surface area contributed by atoms with Crippen molar-refractivity contribution in [3.8, 4) is 10.7 Å². The summed E-state index contributed by atoms with van der Waals surface area (Å²) in [5.74, 6) is 0.920. The Labute approximate surface area is 105 Å². The number of amides is 1. The molecular weight excluding hydrogens is 234 g/mol. The van der Waals surface area contributed by atoms with Gasteiger partial charge in [-0.25, -0.2) is 4.98 Å². The molecule has 0 bridgehead atoms. The maximum absolute atomic E-state index is 11.9. The molecule has 0 fully saturated rings. The molecule has 0 aliphatic rings. The van der Waals surface area contributed by atoms with Gasteiger partial charge in [0.2, 0.25) is 5.91 Å². The molecule has 0 aliphatic carbocycles. The molecule has 0 saturated heterocycles. The molecule has 17 heavy (non-hydrogen) atoms. The van der Waals surface area contributed by atoms with Gasteiger partial charge in [-0.2, -0.15) is 0 Å². The number of thiophene rings is 1. The normalized spacial score (nSPS) is 12.4. The van der Waals surface area contributed by atoms with E-state index in [4.69, 9.17) is 0 Å². The van der Waals surface area contributed by atoms with Gasteiger partial charge in [0.25, 0.3) is 0 Å². The van der Waals surface area contributed by atoms with E-state index in [0.29, 0.717) is 0 Å². The predicted molar refractivity (Wildman–Crippen MR) is 68.9 cm³/mol. The second-order valence-electron chi connectivity index (χ2n) is 4.04. The Morgan fingerprint density at radius 2 is 2.29 bits per heavy atom. The van der Waals surface area contributed by atoms with Gasteiger partial charge in [0.05, 0.1) is 4.88 Å². The third kappa shape index (κ3) is 2.24. The first-order valence-electron chi connectivity index (χ1n) is 5.39. The minimum absolute atomic E-state index is 0.0702. The summed E-state index contributed by atoms with van der Waals surface area (Å²) in [5.41, 5.74) is 0. The van der Waals surface area contributed by atoms with Crippen LogP contribution in [0.15, 0.2) is 29.9 Å². The molecular formula is C12H15N3OS. The van der Waals surface area contributed by atoms with Gasteiger partial charge < -0.3 is 9.47 Å². The number of nitrogens with zero attached hydrogens (tertiary/aromatic N) is 3. The molecule has 2 aromatic rings. The molecule has 1 unspecified atom stereocenters. The van der Waals surface area contributed by atoms with E-state index in [0.717, 1.165) is 10.7 Å². The average molecular weight is 249 g/mol. The van der Waals surface area contributed by atoms with Crippen molar-refractivity contribution in [1.29, 1.82) is 0 Å². The van der Waals surface area contributed by atoms with E-state index < -0.39 is 0 Å². The number of carbonyl (C=O) groups is 1. The van der Waals surface area contributed by atoms with Crippen LogP contribution >= 0.6 is 11.3 Å². The van der Waals surface area contributed by atoms with E-state index in [1.165, 1.54) is 0 Å². The van der Waals surface area contributed by atoms with Crippen molar-refractivity contribution in [2.45, 2.75) is 13.0 Å². The first-order chi connectivity index (χ1) is 8.11. The second-order valence-corrected chi connectivity index (χ2v) is 4.99. The number of rotatable bonds is 3. The van der Waals surface area contributed by atoms with Crippen molar-refractivity contribution in [1.82, 2.24) is 14.5 Å². The molecule has 4 nitrogen and oxygen atoms in total. The van der Waals surface area contributed by atoms with Crippen molar-refractivity contribution >= 4 is 17.2 Å². The van der Waals surface area contributed by atoms with Crippen LogP contribution in [0.3, 0.4) is 0 Å². The molecule has 0 radical (unpaired) electrons. The predicted octanol–water partition coefficient (Wildman–Crippen LogP) is 2.26. The minimum Gasteiger partial charge on any atom is -0.347 e. The Hall–Kier alpha value is -1.62. The van der Waals surface area contributed by atoms with Crippen LogP contribution in [0.1, 0.15) is 13.0 Å². The van der Waals surface area contributed by atoms with Gasteiger partial charge in [-0.15, -0.1) is 11.3 Å². The Bertz CT molecular complexity index is 502. The lowest BCUT2D eigenvalue weighted by Gasteiger charge is -2.19. The standard InChI is InChI=1S/C12H15N3OS/c1-9(12(16)14(2)3)15-7-6-13-11(15)10-5-4-8-17-10/h4-9H,1-3H3. The highest BCUT2D eigenvalue weighted by Crippen LogP contribution is 2.25. The van der Waals surface area contributed by atoms with E-state index in [1.807, 2.05) is 35.2 Å². The van der Waals surface area contributed by atoms with Crippen LogP contribution in [0.4, 0.5) is 0 Å². The van der Waals surface area contributed by atoms with Crippen molar-refractivity contribution < 1.29 is 4.79 Å². The Morgan fingerprint density at radius 3 is 2.88 bits per heavy atom. The Morgan fingerprint density at radius 1 is 1.53 bits per heavy atom. The zero-order chi connectivity index (χ0) is 12.4. The number of carbonyl (C=O) groups excluding carboxylic acids is 1. The number of imidazole rings is 1. The van der Waals surface area contributed by atoms with Gasteiger partial charge in [0.15, 0.2) is 5.82 Å². The number of hydrogen-bond donors (Lipinski definition) is 0. The first kappa shape index (κ1) is 11.9. The fourth-order valence-electron chi connectivity index (χ4n) is 1.71. The molecule has 0 aromatic carbocycles. The molecule has 90 valence electrons. The van der Waals surface area contributed by atoms with Crippen LogP contribution < -0.4 is 0 Å². The summed E-state index contributed by atoms with van der Waals surface area (Å²) >= 11 is 1.62. The molecule has 2 rings (SSSR count). The average Bonchev–Trinajstić information content (AvgIpc) is 2.96. The smallest absolute Gasteiger partial charge is 0.244 e. The fraction of sp³-hybridized carbons (Fsp3) is 0.333. The number of aromatic nitrogens is 2. The van der Waals surface area contributed by atoms with Crippen LogP contribution in [-0.2, 0) is 4.79 Å². The minimum atomic E-state index is -0.232. The molecule has 0 saturated carbocycles. The highest BCUT2D eigenvalue weighted by Gasteiger charge is 2.20. The SMILES string of the molecule is CC(C(=O)N(C)C)n1ccnc1-c1cccs1. The molecule has 0 N–H and O–H groups in total. The first-order valence-corrected chi connectivity index (χ1v) is 6.27. The van der Waals surface area contributed by atoms with Crippen LogP contribution in [0.25, 0.3) is 10.7 Å². The quantitative estimate of drug-likeness (QED) is 0.837. The highest BCUT2D eigenvalue weighted by atomic mass is 32.1.